The summed E-state index contributed by atoms with van der Waals surface area (Å²) in [6, 6.07) is 7.27. The van der Waals surface area contributed by atoms with Gasteiger partial charge in [-0.3, -0.25) is 0 Å². The molecule has 1 aliphatic rings. The number of carboxylic acid groups (broad SMARTS) is 1. The molecule has 1 heterocycles. The first kappa shape index (κ1) is 14.8. The van der Waals surface area contributed by atoms with Crippen LogP contribution in [0.3, 0.4) is 0 Å². The third kappa shape index (κ3) is 2.80. The zero-order chi connectivity index (χ0) is 14.8. The zero-order valence-corrected chi connectivity index (χ0v) is 12.8. The maximum Gasteiger partial charge on any atom is 0.329 e. The molecule has 0 radical (unpaired) electrons. The Kier molecular flexibility index (Phi) is 4.32. The van der Waals surface area contributed by atoms with Crippen LogP contribution in [0.2, 0.25) is 0 Å². The Hall–Kier alpha value is -1.56. The zero-order valence-electron chi connectivity index (χ0n) is 11.2. The fourth-order valence-electron chi connectivity index (χ4n) is 2.42. The van der Waals surface area contributed by atoms with Crippen LogP contribution in [0.25, 0.3) is 0 Å². The summed E-state index contributed by atoms with van der Waals surface area (Å²) in [6.07, 6.45) is 1.20. The van der Waals surface area contributed by atoms with Crippen molar-refractivity contribution < 1.29 is 14.7 Å². The van der Waals surface area contributed by atoms with Gasteiger partial charge >= 0.3 is 12.0 Å². The molecule has 1 saturated heterocycles. The van der Waals surface area contributed by atoms with Crippen molar-refractivity contribution in [2.24, 2.45) is 0 Å². The van der Waals surface area contributed by atoms with Crippen LogP contribution >= 0.6 is 15.9 Å². The van der Waals surface area contributed by atoms with E-state index in [4.69, 9.17) is 0 Å². The quantitative estimate of drug-likeness (QED) is 0.888. The minimum atomic E-state index is -1.10. The Balaban J connectivity index is 2.02. The lowest BCUT2D eigenvalue weighted by Gasteiger charge is -2.31. The van der Waals surface area contributed by atoms with Crippen molar-refractivity contribution in [3.05, 3.63) is 34.3 Å². The number of nitrogens with one attached hydrogen (secondary N) is 1. The van der Waals surface area contributed by atoms with Crippen LogP contribution in [-0.4, -0.2) is 34.1 Å². The maximum absolute atomic E-state index is 12.2. The number of halogens is 1. The fourth-order valence-corrected chi connectivity index (χ4v) is 2.84. The summed E-state index contributed by atoms with van der Waals surface area (Å²) in [7, 11) is 0. The van der Waals surface area contributed by atoms with Gasteiger partial charge in [0.15, 0.2) is 0 Å². The highest BCUT2D eigenvalue weighted by Crippen LogP contribution is 2.29. The van der Waals surface area contributed by atoms with E-state index in [0.717, 1.165) is 10.0 Å². The van der Waals surface area contributed by atoms with Gasteiger partial charge in [-0.15, -0.1) is 0 Å². The van der Waals surface area contributed by atoms with Crippen molar-refractivity contribution in [1.29, 1.82) is 0 Å². The van der Waals surface area contributed by atoms with Gasteiger partial charge in [0.25, 0.3) is 0 Å². The normalized spacial score (nSPS) is 21.8. The standard InChI is InChI=1S/C14H17BrN2O3/c1-14(12(18)19)7-4-8-17(14)13(20)16-9-10-5-2-3-6-11(10)15/h2-3,5-6H,4,7-9H2,1H3,(H,16,20)(H,18,19). The third-order valence-electron chi connectivity index (χ3n) is 3.73. The molecule has 5 nitrogen and oxygen atoms in total. The lowest BCUT2D eigenvalue weighted by Crippen LogP contribution is -2.53. The van der Waals surface area contributed by atoms with Crippen LogP contribution in [0.15, 0.2) is 28.7 Å². The molecule has 0 spiro atoms. The number of urea groups is 1. The molecule has 0 bridgehead atoms. The number of nitrogens with zero attached hydrogens (tertiary/aromatic N) is 1. The van der Waals surface area contributed by atoms with Crippen molar-refractivity contribution >= 4 is 27.9 Å². The smallest absolute Gasteiger partial charge is 0.329 e. The molecule has 1 aliphatic heterocycles. The van der Waals surface area contributed by atoms with Gasteiger partial charge in [0.1, 0.15) is 5.54 Å². The molecular weight excluding hydrogens is 324 g/mol. The van der Waals surface area contributed by atoms with E-state index >= 15 is 0 Å². The Morgan fingerprint density at radius 3 is 2.80 bits per heavy atom. The van der Waals surface area contributed by atoms with Crippen LogP contribution in [0.4, 0.5) is 4.79 Å². The molecule has 1 aromatic carbocycles. The number of carbonyl (C=O) groups is 2. The second-order valence-corrected chi connectivity index (χ2v) is 5.94. The van der Waals surface area contributed by atoms with E-state index < -0.39 is 11.5 Å². The van der Waals surface area contributed by atoms with Gasteiger partial charge in [-0.05, 0) is 31.4 Å². The SMILES string of the molecule is CC1(C(=O)O)CCCN1C(=O)NCc1ccccc1Br. The first-order valence-electron chi connectivity index (χ1n) is 6.47. The molecule has 1 fully saturated rings. The molecule has 108 valence electrons. The first-order valence-corrected chi connectivity index (χ1v) is 7.27. The molecule has 0 aromatic heterocycles. The highest BCUT2D eigenvalue weighted by Gasteiger charge is 2.45. The molecular formula is C14H17BrN2O3. The van der Waals surface area contributed by atoms with Crippen LogP contribution in [0.5, 0.6) is 0 Å². The summed E-state index contributed by atoms with van der Waals surface area (Å²) in [4.78, 5) is 24.9. The molecule has 20 heavy (non-hydrogen) atoms. The highest BCUT2D eigenvalue weighted by atomic mass is 79.9. The maximum atomic E-state index is 12.2. The number of rotatable bonds is 3. The lowest BCUT2D eigenvalue weighted by molar-refractivity contribution is -0.147. The summed E-state index contributed by atoms with van der Waals surface area (Å²) in [5.74, 6) is -0.953. The minimum absolute atomic E-state index is 0.330. The number of amides is 2. The van der Waals surface area contributed by atoms with E-state index in [2.05, 4.69) is 21.2 Å². The van der Waals surface area contributed by atoms with Crippen molar-refractivity contribution in [3.8, 4) is 0 Å². The molecule has 2 amide bonds. The molecule has 0 saturated carbocycles. The average Bonchev–Trinajstić information content (AvgIpc) is 2.81. The van der Waals surface area contributed by atoms with Gasteiger partial charge < -0.3 is 15.3 Å². The Morgan fingerprint density at radius 2 is 2.15 bits per heavy atom. The number of aliphatic carboxylic acids is 1. The first-order chi connectivity index (χ1) is 9.45. The summed E-state index contributed by atoms with van der Waals surface area (Å²) >= 11 is 3.42. The Labute approximate surface area is 126 Å². The third-order valence-corrected chi connectivity index (χ3v) is 4.51. The number of carbonyl (C=O) groups excluding carboxylic acids is 1. The Bertz CT molecular complexity index is 535. The predicted molar refractivity (Wildman–Crippen MR) is 78.4 cm³/mol. The van der Waals surface area contributed by atoms with Gasteiger partial charge in [0.2, 0.25) is 0 Å². The molecule has 0 aliphatic carbocycles. The van der Waals surface area contributed by atoms with Gasteiger partial charge in [0, 0.05) is 17.6 Å². The summed E-state index contributed by atoms with van der Waals surface area (Å²) in [5, 5.41) is 12.1. The van der Waals surface area contributed by atoms with E-state index in [1.54, 1.807) is 6.92 Å². The van der Waals surface area contributed by atoms with Crippen molar-refractivity contribution in [3.63, 3.8) is 0 Å². The van der Waals surface area contributed by atoms with Crippen molar-refractivity contribution in [1.82, 2.24) is 10.2 Å². The monoisotopic (exact) mass is 340 g/mol. The van der Waals surface area contributed by atoms with E-state index in [1.165, 1.54) is 4.90 Å². The molecule has 2 N–H and O–H groups in total. The average molecular weight is 341 g/mol. The Morgan fingerprint density at radius 1 is 1.45 bits per heavy atom. The second-order valence-electron chi connectivity index (χ2n) is 5.08. The van der Waals surface area contributed by atoms with Crippen molar-refractivity contribution in [2.75, 3.05) is 6.54 Å². The lowest BCUT2D eigenvalue weighted by atomic mass is 10.00. The van der Waals surface area contributed by atoms with Crippen LogP contribution in [0.1, 0.15) is 25.3 Å². The fraction of sp³-hybridized carbons (Fsp3) is 0.429. The number of hydrogen-bond donors (Lipinski definition) is 2. The van der Waals surface area contributed by atoms with Crippen molar-refractivity contribution in [2.45, 2.75) is 31.8 Å². The largest absolute Gasteiger partial charge is 0.480 e. The minimum Gasteiger partial charge on any atom is -0.480 e. The second kappa shape index (κ2) is 5.83. The number of likely N-dealkylation sites (tertiary alicyclic amines) is 1. The number of carboxylic acids is 1. The van der Waals surface area contributed by atoms with Gasteiger partial charge in [0.05, 0.1) is 0 Å². The predicted octanol–water partition coefficient (Wildman–Crippen LogP) is 2.60. The van der Waals surface area contributed by atoms with Gasteiger partial charge in [-0.2, -0.15) is 0 Å². The molecule has 1 unspecified atom stereocenters. The van der Waals surface area contributed by atoms with Crippen LogP contribution < -0.4 is 5.32 Å². The summed E-state index contributed by atoms with van der Waals surface area (Å²) in [5.41, 5.74) is -0.144. The van der Waals surface area contributed by atoms with E-state index in [-0.39, 0.29) is 6.03 Å². The van der Waals surface area contributed by atoms with Crippen LogP contribution in [-0.2, 0) is 11.3 Å². The summed E-state index contributed by atoms with van der Waals surface area (Å²) < 4.78 is 0.919. The van der Waals surface area contributed by atoms with Gasteiger partial charge in [-0.25, -0.2) is 9.59 Å². The molecule has 6 heteroatoms. The molecule has 1 atom stereocenters. The van der Waals surface area contributed by atoms with Crippen LogP contribution in [0, 0.1) is 0 Å². The number of hydrogen-bond acceptors (Lipinski definition) is 2. The van der Waals surface area contributed by atoms with E-state index in [9.17, 15) is 14.7 Å². The number of benzene rings is 1. The van der Waals surface area contributed by atoms with E-state index in [1.807, 2.05) is 24.3 Å². The topological polar surface area (TPSA) is 69.6 Å². The summed E-state index contributed by atoms with van der Waals surface area (Å²) in [6.45, 7) is 2.44. The van der Waals surface area contributed by atoms with Gasteiger partial charge in [-0.1, -0.05) is 34.1 Å². The highest BCUT2D eigenvalue weighted by molar-refractivity contribution is 9.10. The molecule has 1 aromatic rings. The van der Waals surface area contributed by atoms with E-state index in [0.29, 0.717) is 25.9 Å². The molecule has 2 rings (SSSR count).